The van der Waals surface area contributed by atoms with Gasteiger partial charge >= 0.3 is 13.6 Å². The summed E-state index contributed by atoms with van der Waals surface area (Å²) in [6.45, 7) is 0. The van der Waals surface area contributed by atoms with Gasteiger partial charge in [-0.05, 0) is 24.3 Å². The second-order valence-electron chi connectivity index (χ2n) is 4.68. The van der Waals surface area contributed by atoms with Crippen LogP contribution in [0.15, 0.2) is 54.6 Å². The number of rotatable bonds is 6. The molecule has 0 saturated carbocycles. The molecular weight excluding hydrogens is 378 g/mol. The van der Waals surface area contributed by atoms with E-state index in [0.29, 0.717) is 5.02 Å². The number of alkyl halides is 1. The summed E-state index contributed by atoms with van der Waals surface area (Å²) in [7, 11) is -4.76. The van der Waals surface area contributed by atoms with Gasteiger partial charge in [-0.15, -0.1) is 0 Å². The van der Waals surface area contributed by atoms with Gasteiger partial charge in [0.15, 0.2) is 0 Å². The van der Waals surface area contributed by atoms with E-state index >= 15 is 0 Å². The maximum atomic E-state index is 12.0. The highest BCUT2D eigenvalue weighted by Crippen LogP contribution is 2.52. The summed E-state index contributed by atoms with van der Waals surface area (Å²) >= 11 is 11.5. The molecule has 0 bridgehead atoms. The Morgan fingerprint density at radius 3 is 2.17 bits per heavy atom. The average molecular weight is 391 g/mol. The molecule has 2 unspecified atom stereocenters. The first kappa shape index (κ1) is 18.8. The van der Waals surface area contributed by atoms with Crippen molar-refractivity contribution < 1.29 is 28.6 Å². The van der Waals surface area contributed by atoms with Crippen LogP contribution < -0.4 is 4.74 Å². The molecule has 2 N–H and O–H groups in total. The topological polar surface area (TPSA) is 93.1 Å². The van der Waals surface area contributed by atoms with Gasteiger partial charge in [-0.3, -0.25) is 4.57 Å². The molecule has 2 aromatic carbocycles. The third-order valence-electron chi connectivity index (χ3n) is 2.86. The first-order valence-corrected chi connectivity index (χ1v) is 9.14. The fraction of sp³-hybridized carbons (Fsp3) is 0.133. The Hall–Kier alpha value is -1.56. The highest BCUT2D eigenvalue weighted by atomic mass is 35.5. The number of hydrogen-bond donors (Lipinski definition) is 2. The van der Waals surface area contributed by atoms with Gasteiger partial charge in [-0.25, -0.2) is 4.79 Å². The van der Waals surface area contributed by atoms with Crippen LogP contribution in [0.1, 0.15) is 11.4 Å². The Balaban J connectivity index is 2.10. The number of benzene rings is 2. The molecule has 0 heterocycles. The van der Waals surface area contributed by atoms with Gasteiger partial charge in [0.05, 0.1) is 0 Å². The molecule has 0 radical (unpaired) electrons. The van der Waals surface area contributed by atoms with E-state index in [1.165, 1.54) is 36.4 Å². The van der Waals surface area contributed by atoms with Crippen LogP contribution in [0.2, 0.25) is 5.02 Å². The lowest BCUT2D eigenvalue weighted by Gasteiger charge is -2.21. The molecule has 2 rings (SSSR count). The summed E-state index contributed by atoms with van der Waals surface area (Å²) in [5.41, 5.74) is -1.43. The summed E-state index contributed by atoms with van der Waals surface area (Å²) in [6.07, 6.45) is 0. The number of hydrogen-bond acceptors (Lipinski definition) is 4. The lowest BCUT2D eigenvalue weighted by molar-refractivity contribution is -0.151. The van der Waals surface area contributed by atoms with Crippen molar-refractivity contribution in [3.8, 4) is 5.75 Å². The molecule has 0 saturated heterocycles. The van der Waals surface area contributed by atoms with Crippen molar-refractivity contribution in [1.29, 1.82) is 0 Å². The quantitative estimate of drug-likeness (QED) is 0.443. The van der Waals surface area contributed by atoms with Gasteiger partial charge in [0, 0.05) is 10.6 Å². The van der Waals surface area contributed by atoms with Crippen molar-refractivity contribution in [1.82, 2.24) is 0 Å². The predicted molar refractivity (Wildman–Crippen MR) is 89.0 cm³/mol. The zero-order valence-corrected chi connectivity index (χ0v) is 14.5. The fourth-order valence-corrected chi connectivity index (χ4v) is 2.87. The molecule has 0 spiro atoms. The molecule has 0 amide bonds. The minimum absolute atomic E-state index is 0.148. The normalized spacial score (nSPS) is 13.8. The number of carbonyl (C=O) groups is 1. The third-order valence-corrected chi connectivity index (χ3v) is 4.39. The molecule has 0 aliphatic rings. The average Bonchev–Trinajstić information content (AvgIpc) is 2.54. The SMILES string of the molecule is O=C(OC(c1ccccc1)P(=O)(O)O)C(Cl)Oc1ccc(Cl)cc1. The smallest absolute Gasteiger partial charge is 0.370 e. The van der Waals surface area contributed by atoms with Crippen LogP contribution >= 0.6 is 30.8 Å². The molecule has 0 aliphatic heterocycles. The number of esters is 1. The van der Waals surface area contributed by atoms with E-state index in [0.717, 1.165) is 0 Å². The zero-order chi connectivity index (χ0) is 17.7. The van der Waals surface area contributed by atoms with E-state index in [1.807, 2.05) is 0 Å². The van der Waals surface area contributed by atoms with Crippen LogP contribution in [0.5, 0.6) is 5.75 Å². The predicted octanol–water partition coefficient (Wildman–Crippen LogP) is 3.70. The number of ether oxygens (including phenoxy) is 2. The maximum Gasteiger partial charge on any atom is 0.370 e. The number of carbonyl (C=O) groups excluding carboxylic acids is 1. The monoisotopic (exact) mass is 390 g/mol. The summed E-state index contributed by atoms with van der Waals surface area (Å²) in [6, 6.07) is 13.7. The van der Waals surface area contributed by atoms with Crippen molar-refractivity contribution in [3.05, 3.63) is 65.2 Å². The van der Waals surface area contributed by atoms with Crippen LogP contribution in [0, 0.1) is 0 Å². The van der Waals surface area contributed by atoms with E-state index in [-0.39, 0.29) is 11.3 Å². The molecule has 2 atom stereocenters. The minimum Gasteiger partial charge on any atom is -0.463 e. The van der Waals surface area contributed by atoms with Gasteiger partial charge in [-0.1, -0.05) is 53.5 Å². The molecule has 24 heavy (non-hydrogen) atoms. The van der Waals surface area contributed by atoms with Gasteiger partial charge < -0.3 is 19.3 Å². The Kier molecular flexibility index (Phi) is 6.27. The second-order valence-corrected chi connectivity index (χ2v) is 7.16. The maximum absolute atomic E-state index is 12.0. The fourth-order valence-electron chi connectivity index (χ4n) is 1.79. The molecule has 128 valence electrons. The summed E-state index contributed by atoms with van der Waals surface area (Å²) < 4.78 is 21.6. The molecule has 0 aromatic heterocycles. The highest BCUT2D eigenvalue weighted by Gasteiger charge is 2.36. The van der Waals surface area contributed by atoms with Crippen LogP contribution in [0.4, 0.5) is 0 Å². The van der Waals surface area contributed by atoms with Gasteiger partial charge in [-0.2, -0.15) is 0 Å². The molecule has 9 heteroatoms. The van der Waals surface area contributed by atoms with Gasteiger partial charge in [0.2, 0.25) is 5.85 Å². The van der Waals surface area contributed by atoms with Crippen molar-refractivity contribution in [2.24, 2.45) is 0 Å². The molecule has 2 aromatic rings. The minimum atomic E-state index is -4.76. The van der Waals surface area contributed by atoms with E-state index < -0.39 is 25.0 Å². The van der Waals surface area contributed by atoms with Crippen molar-refractivity contribution in [2.75, 3.05) is 0 Å². The lowest BCUT2D eigenvalue weighted by Crippen LogP contribution is -2.25. The lowest BCUT2D eigenvalue weighted by atomic mass is 10.2. The zero-order valence-electron chi connectivity index (χ0n) is 12.1. The first-order valence-electron chi connectivity index (χ1n) is 6.64. The van der Waals surface area contributed by atoms with E-state index in [1.54, 1.807) is 18.2 Å². The largest absolute Gasteiger partial charge is 0.463 e. The highest BCUT2D eigenvalue weighted by molar-refractivity contribution is 7.52. The molecular formula is C15H13Cl2O6P. The Morgan fingerprint density at radius 2 is 1.62 bits per heavy atom. The third kappa shape index (κ3) is 5.23. The Bertz CT molecular complexity index is 731. The summed E-state index contributed by atoms with van der Waals surface area (Å²) in [4.78, 5) is 30.8. The molecule has 6 nitrogen and oxygen atoms in total. The van der Waals surface area contributed by atoms with Crippen molar-refractivity contribution >= 4 is 36.8 Å². The Morgan fingerprint density at radius 1 is 1.04 bits per heavy atom. The van der Waals surface area contributed by atoms with Crippen LogP contribution in [0.25, 0.3) is 0 Å². The van der Waals surface area contributed by atoms with Gasteiger partial charge in [0.25, 0.3) is 5.56 Å². The first-order chi connectivity index (χ1) is 11.3. The van der Waals surface area contributed by atoms with Gasteiger partial charge in [0.1, 0.15) is 5.75 Å². The van der Waals surface area contributed by atoms with Crippen LogP contribution in [0.3, 0.4) is 0 Å². The summed E-state index contributed by atoms with van der Waals surface area (Å²) in [5.74, 6) is -2.63. The van der Waals surface area contributed by atoms with E-state index in [9.17, 15) is 19.1 Å². The Labute approximate surface area is 148 Å². The molecule has 0 aliphatic carbocycles. The van der Waals surface area contributed by atoms with E-state index in [2.05, 4.69) is 0 Å². The standard InChI is InChI=1S/C15H13Cl2O6P/c16-11-6-8-12(9-7-11)22-13(17)14(18)23-15(24(19,20)21)10-4-2-1-3-5-10/h1-9,13,15H,(H2,19,20,21). The van der Waals surface area contributed by atoms with Crippen molar-refractivity contribution in [3.63, 3.8) is 0 Å². The number of halogens is 2. The second kappa shape index (κ2) is 8.01. The molecule has 0 fully saturated rings. The van der Waals surface area contributed by atoms with Crippen molar-refractivity contribution in [2.45, 2.75) is 11.4 Å². The van der Waals surface area contributed by atoms with Crippen LogP contribution in [-0.4, -0.2) is 21.3 Å². The van der Waals surface area contributed by atoms with E-state index in [4.69, 9.17) is 32.7 Å². The van der Waals surface area contributed by atoms with Crippen LogP contribution in [-0.2, 0) is 14.1 Å². The summed E-state index contributed by atoms with van der Waals surface area (Å²) in [5, 5.41) is 0.474.